The van der Waals surface area contributed by atoms with Gasteiger partial charge in [0.05, 0.1) is 25.5 Å². The first-order chi connectivity index (χ1) is 16.3. The largest absolute Gasteiger partial charge is 0.487 e. The summed E-state index contributed by atoms with van der Waals surface area (Å²) in [5.74, 6) is -0.456. The van der Waals surface area contributed by atoms with Gasteiger partial charge < -0.3 is 14.8 Å². The lowest BCUT2D eigenvalue weighted by molar-refractivity contribution is -0.112. The zero-order valence-electron chi connectivity index (χ0n) is 18.4. The normalized spacial score (nSPS) is 10.9. The molecule has 0 unspecified atom stereocenters. The van der Waals surface area contributed by atoms with Crippen LogP contribution < -0.4 is 10.1 Å². The van der Waals surface area contributed by atoms with Crippen LogP contribution in [-0.2, 0) is 16.1 Å². The van der Waals surface area contributed by atoms with Crippen LogP contribution in [0.25, 0.3) is 6.08 Å². The Balaban J connectivity index is 1.80. The van der Waals surface area contributed by atoms with Crippen molar-refractivity contribution in [2.24, 2.45) is 0 Å². The van der Waals surface area contributed by atoms with Gasteiger partial charge in [-0.25, -0.2) is 4.79 Å². The Labute approximate surface area is 225 Å². The highest BCUT2D eigenvalue weighted by Gasteiger charge is 2.16. The Morgan fingerprint density at radius 1 is 1.06 bits per heavy atom. The molecular formula is C26H20I2N2O4. The molecule has 8 heteroatoms. The molecule has 34 heavy (non-hydrogen) atoms. The Morgan fingerprint density at radius 3 is 2.41 bits per heavy atom. The summed E-state index contributed by atoms with van der Waals surface area (Å²) in [6, 6.07) is 20.2. The standard InChI is InChI=1S/C26H20I2N2O4/c1-16-6-5-7-17(10-16)15-34-24-21(27)12-18(13-22(24)28)11-19(14-29)25(31)30-23-9-4-3-8-20(23)26(32)33-2/h3-13H,15H2,1-2H3,(H,30,31)/b19-11+. The number of rotatable bonds is 7. The summed E-state index contributed by atoms with van der Waals surface area (Å²) in [5, 5.41) is 12.2. The van der Waals surface area contributed by atoms with E-state index in [-0.39, 0.29) is 16.8 Å². The van der Waals surface area contributed by atoms with Gasteiger partial charge >= 0.3 is 5.97 Å². The molecule has 0 saturated carbocycles. The summed E-state index contributed by atoms with van der Waals surface area (Å²) in [7, 11) is 1.26. The molecule has 1 N–H and O–H groups in total. The van der Waals surface area contributed by atoms with E-state index in [2.05, 4.69) is 56.6 Å². The second-order valence-electron chi connectivity index (χ2n) is 7.25. The van der Waals surface area contributed by atoms with Gasteiger partial charge in [0.2, 0.25) is 0 Å². The molecule has 3 aromatic carbocycles. The Kier molecular flexibility index (Phi) is 9.06. The second kappa shape index (κ2) is 12.0. The Morgan fingerprint density at radius 2 is 1.76 bits per heavy atom. The Bertz CT molecular complexity index is 1290. The summed E-state index contributed by atoms with van der Waals surface area (Å²) >= 11 is 4.36. The highest BCUT2D eigenvalue weighted by Crippen LogP contribution is 2.31. The number of halogens is 2. The third-order valence-corrected chi connectivity index (χ3v) is 6.35. The number of esters is 1. The second-order valence-corrected chi connectivity index (χ2v) is 9.58. The van der Waals surface area contributed by atoms with Crippen molar-refractivity contribution in [2.45, 2.75) is 13.5 Å². The number of nitriles is 1. The number of ether oxygens (including phenoxy) is 2. The summed E-state index contributed by atoms with van der Waals surface area (Å²) in [6.07, 6.45) is 1.50. The number of aryl methyl sites for hydroxylation is 1. The van der Waals surface area contributed by atoms with E-state index in [9.17, 15) is 14.9 Å². The van der Waals surface area contributed by atoms with E-state index in [1.165, 1.54) is 24.8 Å². The van der Waals surface area contributed by atoms with Crippen LogP contribution in [0.2, 0.25) is 0 Å². The number of para-hydroxylation sites is 1. The minimum atomic E-state index is -0.622. The maximum absolute atomic E-state index is 12.8. The molecule has 0 aromatic heterocycles. The average molecular weight is 678 g/mol. The minimum Gasteiger partial charge on any atom is -0.487 e. The maximum atomic E-state index is 12.8. The molecule has 6 nitrogen and oxygen atoms in total. The third-order valence-electron chi connectivity index (χ3n) is 4.74. The number of nitrogens with one attached hydrogen (secondary N) is 1. The molecule has 0 radical (unpaired) electrons. The van der Waals surface area contributed by atoms with Gasteiger partial charge in [-0.2, -0.15) is 5.26 Å². The van der Waals surface area contributed by atoms with E-state index >= 15 is 0 Å². The number of hydrogen-bond donors (Lipinski definition) is 1. The lowest BCUT2D eigenvalue weighted by Gasteiger charge is -2.12. The monoisotopic (exact) mass is 678 g/mol. The minimum absolute atomic E-state index is 0.0975. The molecule has 0 aliphatic rings. The topological polar surface area (TPSA) is 88.4 Å². The van der Waals surface area contributed by atoms with E-state index in [4.69, 9.17) is 9.47 Å². The van der Waals surface area contributed by atoms with Crippen LogP contribution in [0.15, 0.2) is 66.2 Å². The van der Waals surface area contributed by atoms with Crippen LogP contribution in [-0.4, -0.2) is 19.0 Å². The number of carbonyl (C=O) groups excluding carboxylic acids is 2. The van der Waals surface area contributed by atoms with Gasteiger partial charge in [-0.3, -0.25) is 4.79 Å². The molecule has 0 spiro atoms. The number of anilines is 1. The molecule has 3 aromatic rings. The van der Waals surface area contributed by atoms with Crippen LogP contribution in [0.4, 0.5) is 5.69 Å². The fourth-order valence-corrected chi connectivity index (χ4v) is 5.27. The Hall–Kier alpha value is -2.91. The van der Waals surface area contributed by atoms with Gasteiger partial charge in [0, 0.05) is 0 Å². The van der Waals surface area contributed by atoms with E-state index in [0.717, 1.165) is 18.5 Å². The predicted molar refractivity (Wildman–Crippen MR) is 147 cm³/mol. The number of methoxy groups -OCH3 is 1. The molecular weight excluding hydrogens is 658 g/mol. The van der Waals surface area contributed by atoms with Gasteiger partial charge in [0.25, 0.3) is 5.91 Å². The molecule has 0 atom stereocenters. The van der Waals surface area contributed by atoms with Gasteiger partial charge in [-0.05, 0) is 93.6 Å². The van der Waals surface area contributed by atoms with Crippen molar-refractivity contribution in [3.63, 3.8) is 0 Å². The van der Waals surface area contributed by atoms with Crippen LogP contribution in [0, 0.1) is 25.4 Å². The highest BCUT2D eigenvalue weighted by molar-refractivity contribution is 14.1. The molecule has 0 fully saturated rings. The SMILES string of the molecule is COC(=O)c1ccccc1NC(=O)/C(C#N)=C/c1cc(I)c(OCc2cccc(C)c2)c(I)c1. The van der Waals surface area contributed by atoms with Crippen LogP contribution in [0.3, 0.4) is 0 Å². The predicted octanol–water partition coefficient (Wildman–Crippen LogP) is 6.12. The molecule has 0 bridgehead atoms. The van der Waals surface area contributed by atoms with E-state index in [1.807, 2.05) is 43.3 Å². The molecule has 1 amide bonds. The molecule has 0 aliphatic carbocycles. The van der Waals surface area contributed by atoms with Crippen molar-refractivity contribution in [3.8, 4) is 11.8 Å². The van der Waals surface area contributed by atoms with Gasteiger partial charge in [-0.1, -0.05) is 42.0 Å². The quantitative estimate of drug-likeness (QED) is 0.141. The number of hydrogen-bond acceptors (Lipinski definition) is 5. The van der Waals surface area contributed by atoms with Crippen molar-refractivity contribution in [2.75, 3.05) is 12.4 Å². The lowest BCUT2D eigenvalue weighted by atomic mass is 10.1. The first-order valence-corrected chi connectivity index (χ1v) is 12.3. The van der Waals surface area contributed by atoms with Gasteiger partial charge in [-0.15, -0.1) is 0 Å². The third kappa shape index (κ3) is 6.57. The first-order valence-electron chi connectivity index (χ1n) is 10.1. The van der Waals surface area contributed by atoms with Gasteiger partial charge in [0.15, 0.2) is 0 Å². The summed E-state index contributed by atoms with van der Waals surface area (Å²) in [5.41, 5.74) is 3.30. The van der Waals surface area contributed by atoms with E-state index in [0.29, 0.717) is 12.2 Å². The number of benzene rings is 3. The van der Waals surface area contributed by atoms with E-state index < -0.39 is 11.9 Å². The summed E-state index contributed by atoms with van der Waals surface area (Å²) < 4.78 is 12.5. The smallest absolute Gasteiger partial charge is 0.339 e. The molecule has 3 rings (SSSR count). The van der Waals surface area contributed by atoms with Crippen molar-refractivity contribution in [3.05, 3.63) is 95.6 Å². The number of carbonyl (C=O) groups is 2. The zero-order chi connectivity index (χ0) is 24.7. The van der Waals surface area contributed by atoms with Crippen LogP contribution in [0.5, 0.6) is 5.75 Å². The average Bonchev–Trinajstić information content (AvgIpc) is 2.81. The molecule has 172 valence electrons. The zero-order valence-corrected chi connectivity index (χ0v) is 22.7. The van der Waals surface area contributed by atoms with Gasteiger partial charge in [0.1, 0.15) is 24.0 Å². The van der Waals surface area contributed by atoms with Crippen molar-refractivity contribution < 1.29 is 19.1 Å². The first kappa shape index (κ1) is 25.7. The summed E-state index contributed by atoms with van der Waals surface area (Å²) in [4.78, 5) is 24.7. The van der Waals surface area contributed by atoms with Crippen LogP contribution in [0.1, 0.15) is 27.0 Å². The van der Waals surface area contributed by atoms with Crippen molar-refractivity contribution in [1.82, 2.24) is 0 Å². The highest BCUT2D eigenvalue weighted by atomic mass is 127. The van der Waals surface area contributed by atoms with Crippen molar-refractivity contribution >= 4 is 68.8 Å². The number of nitrogens with zero attached hydrogens (tertiary/aromatic N) is 1. The molecule has 0 aliphatic heterocycles. The maximum Gasteiger partial charge on any atom is 0.339 e. The van der Waals surface area contributed by atoms with E-state index in [1.54, 1.807) is 18.2 Å². The number of amides is 1. The van der Waals surface area contributed by atoms with Crippen LogP contribution >= 0.6 is 45.2 Å². The summed E-state index contributed by atoms with van der Waals surface area (Å²) in [6.45, 7) is 2.48. The lowest BCUT2D eigenvalue weighted by Crippen LogP contribution is -2.16. The molecule has 0 heterocycles. The van der Waals surface area contributed by atoms with Crippen molar-refractivity contribution in [1.29, 1.82) is 5.26 Å². The molecule has 0 saturated heterocycles. The fraction of sp³-hybridized carbons (Fsp3) is 0.115. The fourth-order valence-electron chi connectivity index (χ4n) is 3.14.